The van der Waals surface area contributed by atoms with Gasteiger partial charge in [-0.15, -0.1) is 6.58 Å². The molecule has 0 saturated heterocycles. The van der Waals surface area contributed by atoms with Crippen LogP contribution in [-0.4, -0.2) is 11.1 Å². The van der Waals surface area contributed by atoms with E-state index < -0.39 is 11.4 Å². The standard InChI is InChI=1S/C10H18O2/c1-5-7-10(4,9(11)12)8(3)6-2/h5,8H,1,6-7H2,2-4H3,(H,11,12)/t8?,10-/m1/s1. The quantitative estimate of drug-likeness (QED) is 0.644. The van der Waals surface area contributed by atoms with Crippen LogP contribution in [0.1, 0.15) is 33.6 Å². The maximum Gasteiger partial charge on any atom is 0.309 e. The summed E-state index contributed by atoms with van der Waals surface area (Å²) in [6.07, 6.45) is 3.11. The number of hydrogen-bond donors (Lipinski definition) is 1. The summed E-state index contributed by atoms with van der Waals surface area (Å²) in [5, 5.41) is 9.02. The van der Waals surface area contributed by atoms with E-state index in [1.54, 1.807) is 13.0 Å². The SMILES string of the molecule is C=CC[C@@](C)(C(=O)O)C(C)CC. The highest BCUT2D eigenvalue weighted by Crippen LogP contribution is 2.33. The molecular weight excluding hydrogens is 152 g/mol. The number of carbonyl (C=O) groups is 1. The van der Waals surface area contributed by atoms with Crippen molar-refractivity contribution in [1.29, 1.82) is 0 Å². The first-order valence-corrected chi connectivity index (χ1v) is 4.33. The summed E-state index contributed by atoms with van der Waals surface area (Å²) in [6.45, 7) is 9.34. The van der Waals surface area contributed by atoms with Crippen LogP contribution in [-0.2, 0) is 4.79 Å². The molecule has 2 nitrogen and oxygen atoms in total. The third kappa shape index (κ3) is 2.10. The van der Waals surface area contributed by atoms with Crippen LogP contribution in [0.5, 0.6) is 0 Å². The number of carboxylic acid groups (broad SMARTS) is 1. The molecule has 0 radical (unpaired) electrons. The van der Waals surface area contributed by atoms with Gasteiger partial charge in [-0.1, -0.05) is 26.3 Å². The first kappa shape index (κ1) is 11.2. The fourth-order valence-electron chi connectivity index (χ4n) is 1.25. The molecule has 1 unspecified atom stereocenters. The largest absolute Gasteiger partial charge is 0.481 e. The minimum absolute atomic E-state index is 0.188. The van der Waals surface area contributed by atoms with Crippen molar-refractivity contribution >= 4 is 5.97 Å². The molecule has 0 amide bonds. The van der Waals surface area contributed by atoms with Crippen molar-refractivity contribution < 1.29 is 9.90 Å². The number of carboxylic acids is 1. The molecule has 1 N–H and O–H groups in total. The summed E-state index contributed by atoms with van der Waals surface area (Å²) in [5.41, 5.74) is -0.642. The van der Waals surface area contributed by atoms with E-state index in [9.17, 15) is 4.79 Å². The van der Waals surface area contributed by atoms with Gasteiger partial charge in [-0.25, -0.2) is 0 Å². The highest BCUT2D eigenvalue weighted by molar-refractivity contribution is 5.74. The van der Waals surface area contributed by atoms with E-state index in [4.69, 9.17) is 5.11 Å². The second-order valence-electron chi connectivity index (χ2n) is 3.52. The molecule has 0 aromatic carbocycles. The Kier molecular flexibility index (Phi) is 4.01. The molecule has 0 aromatic heterocycles. The van der Waals surface area contributed by atoms with Crippen molar-refractivity contribution in [3.05, 3.63) is 12.7 Å². The van der Waals surface area contributed by atoms with E-state index >= 15 is 0 Å². The van der Waals surface area contributed by atoms with Crippen LogP contribution < -0.4 is 0 Å². The minimum Gasteiger partial charge on any atom is -0.481 e. The molecule has 0 aliphatic rings. The summed E-state index contributed by atoms with van der Waals surface area (Å²) in [7, 11) is 0. The third-order valence-corrected chi connectivity index (χ3v) is 2.76. The third-order valence-electron chi connectivity index (χ3n) is 2.76. The van der Waals surface area contributed by atoms with E-state index in [-0.39, 0.29) is 5.92 Å². The average molecular weight is 170 g/mol. The lowest BCUT2D eigenvalue weighted by Crippen LogP contribution is -2.33. The van der Waals surface area contributed by atoms with Crippen molar-refractivity contribution in [1.82, 2.24) is 0 Å². The Balaban J connectivity index is 4.59. The van der Waals surface area contributed by atoms with Crippen LogP contribution in [0, 0.1) is 11.3 Å². The van der Waals surface area contributed by atoms with E-state index in [0.717, 1.165) is 6.42 Å². The molecule has 0 heterocycles. The van der Waals surface area contributed by atoms with Gasteiger partial charge in [0.2, 0.25) is 0 Å². The van der Waals surface area contributed by atoms with Gasteiger partial charge < -0.3 is 5.11 Å². The smallest absolute Gasteiger partial charge is 0.309 e. The van der Waals surface area contributed by atoms with E-state index in [2.05, 4.69) is 6.58 Å². The molecule has 0 aliphatic carbocycles. The average Bonchev–Trinajstić information content (AvgIpc) is 2.03. The molecule has 0 bridgehead atoms. The zero-order valence-corrected chi connectivity index (χ0v) is 8.13. The Morgan fingerprint density at radius 2 is 2.25 bits per heavy atom. The van der Waals surface area contributed by atoms with E-state index in [1.165, 1.54) is 0 Å². The number of aliphatic carboxylic acids is 1. The predicted molar refractivity (Wildman–Crippen MR) is 50.0 cm³/mol. The second kappa shape index (κ2) is 4.29. The van der Waals surface area contributed by atoms with Gasteiger partial charge in [0.05, 0.1) is 5.41 Å². The Bertz CT molecular complexity index is 175. The van der Waals surface area contributed by atoms with Gasteiger partial charge in [0.1, 0.15) is 0 Å². The molecule has 0 rings (SSSR count). The van der Waals surface area contributed by atoms with Crippen LogP contribution in [0.4, 0.5) is 0 Å². The van der Waals surface area contributed by atoms with Gasteiger partial charge in [0.25, 0.3) is 0 Å². The number of rotatable bonds is 5. The van der Waals surface area contributed by atoms with Gasteiger partial charge in [0.15, 0.2) is 0 Å². The zero-order valence-electron chi connectivity index (χ0n) is 8.13. The lowest BCUT2D eigenvalue weighted by molar-refractivity contribution is -0.150. The van der Waals surface area contributed by atoms with Gasteiger partial charge in [-0.3, -0.25) is 4.79 Å². The number of hydrogen-bond acceptors (Lipinski definition) is 1. The van der Waals surface area contributed by atoms with Gasteiger partial charge >= 0.3 is 5.97 Å². The maximum absolute atomic E-state index is 11.0. The van der Waals surface area contributed by atoms with Crippen LogP contribution in [0.3, 0.4) is 0 Å². The fraction of sp³-hybridized carbons (Fsp3) is 0.700. The van der Waals surface area contributed by atoms with Gasteiger partial charge in [0, 0.05) is 0 Å². The van der Waals surface area contributed by atoms with Crippen LogP contribution >= 0.6 is 0 Å². The molecule has 2 heteroatoms. The first-order chi connectivity index (χ1) is 5.49. The van der Waals surface area contributed by atoms with Crippen molar-refractivity contribution in [2.75, 3.05) is 0 Å². The zero-order chi connectivity index (χ0) is 9.78. The predicted octanol–water partition coefficient (Wildman–Crippen LogP) is 2.70. The molecule has 0 fully saturated rings. The molecule has 0 aromatic rings. The Hall–Kier alpha value is -0.790. The molecule has 0 saturated carbocycles. The summed E-state index contributed by atoms with van der Waals surface area (Å²) in [4.78, 5) is 11.0. The Morgan fingerprint density at radius 3 is 2.50 bits per heavy atom. The second-order valence-corrected chi connectivity index (χ2v) is 3.52. The van der Waals surface area contributed by atoms with Gasteiger partial charge in [-0.05, 0) is 19.3 Å². The molecule has 70 valence electrons. The topological polar surface area (TPSA) is 37.3 Å². The molecule has 0 spiro atoms. The number of allylic oxidation sites excluding steroid dienone is 1. The molecule has 12 heavy (non-hydrogen) atoms. The van der Waals surface area contributed by atoms with Crippen LogP contribution in [0.25, 0.3) is 0 Å². The van der Waals surface area contributed by atoms with Crippen molar-refractivity contribution in [2.24, 2.45) is 11.3 Å². The summed E-state index contributed by atoms with van der Waals surface area (Å²) in [6, 6.07) is 0. The highest BCUT2D eigenvalue weighted by Gasteiger charge is 2.36. The highest BCUT2D eigenvalue weighted by atomic mass is 16.4. The van der Waals surface area contributed by atoms with Gasteiger partial charge in [-0.2, -0.15) is 0 Å². The van der Waals surface area contributed by atoms with Crippen LogP contribution in [0.15, 0.2) is 12.7 Å². The summed E-state index contributed by atoms with van der Waals surface area (Å²) < 4.78 is 0. The minimum atomic E-state index is -0.725. The monoisotopic (exact) mass is 170 g/mol. The summed E-state index contributed by atoms with van der Waals surface area (Å²) in [5.74, 6) is -0.537. The van der Waals surface area contributed by atoms with Crippen molar-refractivity contribution in [2.45, 2.75) is 33.6 Å². The maximum atomic E-state index is 11.0. The Morgan fingerprint density at radius 1 is 1.75 bits per heavy atom. The van der Waals surface area contributed by atoms with E-state index in [1.807, 2.05) is 13.8 Å². The first-order valence-electron chi connectivity index (χ1n) is 4.33. The summed E-state index contributed by atoms with van der Waals surface area (Å²) >= 11 is 0. The Labute approximate surface area is 74.3 Å². The molecular formula is C10H18O2. The molecule has 0 aliphatic heterocycles. The van der Waals surface area contributed by atoms with Crippen molar-refractivity contribution in [3.63, 3.8) is 0 Å². The fourth-order valence-corrected chi connectivity index (χ4v) is 1.25. The molecule has 2 atom stereocenters. The lowest BCUT2D eigenvalue weighted by Gasteiger charge is -2.29. The normalized spacial score (nSPS) is 17.9. The van der Waals surface area contributed by atoms with Crippen molar-refractivity contribution in [3.8, 4) is 0 Å². The lowest BCUT2D eigenvalue weighted by atomic mass is 9.74. The van der Waals surface area contributed by atoms with Crippen LogP contribution in [0.2, 0.25) is 0 Å². The van der Waals surface area contributed by atoms with E-state index in [0.29, 0.717) is 6.42 Å².